The number of aryl methyl sites for hydroxylation is 1. The third-order valence-corrected chi connectivity index (χ3v) is 5.97. The van der Waals surface area contributed by atoms with Crippen LogP contribution in [0.3, 0.4) is 0 Å². The molecule has 1 fully saturated rings. The molecule has 11 nitrogen and oxygen atoms in total. The van der Waals surface area contributed by atoms with Crippen LogP contribution in [0.1, 0.15) is 15.2 Å². The molecule has 3 N–H and O–H groups in total. The smallest absolute Gasteiger partial charge is 0.403 e. The van der Waals surface area contributed by atoms with Gasteiger partial charge in [-0.15, -0.1) is 0 Å². The molecular weight excluding hydrogens is 450 g/mol. The van der Waals surface area contributed by atoms with Crippen molar-refractivity contribution in [3.63, 3.8) is 0 Å². The number of para-hydroxylation sites is 1. The van der Waals surface area contributed by atoms with E-state index in [1.807, 2.05) is 0 Å². The first-order valence-corrected chi connectivity index (χ1v) is 10.6. The number of amides is 1. The van der Waals surface area contributed by atoms with Crippen molar-refractivity contribution in [3.8, 4) is 5.75 Å². The highest BCUT2D eigenvalue weighted by molar-refractivity contribution is 7.49. The maximum atomic E-state index is 15.9. The van der Waals surface area contributed by atoms with Crippen LogP contribution in [-0.4, -0.2) is 58.1 Å². The molecule has 1 unspecified atom stereocenters. The first-order valence-electron chi connectivity index (χ1n) is 10.6. The number of rotatable bonds is 5. The van der Waals surface area contributed by atoms with Crippen LogP contribution >= 0.6 is 7.82 Å². The minimum absolute atomic E-state index is 0.0699. The van der Waals surface area contributed by atoms with E-state index in [0.29, 0.717) is 22.2 Å². The summed E-state index contributed by atoms with van der Waals surface area (Å²) in [5, 5.41) is 23.0. The summed E-state index contributed by atoms with van der Waals surface area (Å²) < 4.78 is 73.4. The minimum atomic E-state index is -4.84. The van der Waals surface area contributed by atoms with Crippen molar-refractivity contribution in [3.05, 3.63) is 53.5 Å². The number of ether oxygens (including phenoxy) is 1. The van der Waals surface area contributed by atoms with Gasteiger partial charge in [0.15, 0.2) is 12.5 Å². The quantitative estimate of drug-likeness (QED) is 0.319. The van der Waals surface area contributed by atoms with Crippen LogP contribution in [0.2, 0.25) is 0 Å². The molecule has 32 heavy (non-hydrogen) atoms. The number of halogens is 1. The number of nitrogens with one attached hydrogen (secondary N) is 1. The third-order valence-electron chi connectivity index (χ3n) is 4.80. The Labute approximate surface area is 185 Å². The van der Waals surface area contributed by atoms with Crippen LogP contribution in [0.5, 0.6) is 5.75 Å². The van der Waals surface area contributed by atoms with Gasteiger partial charge in [0.1, 0.15) is 30.3 Å². The van der Waals surface area contributed by atoms with Gasteiger partial charge in [-0.1, -0.05) is 24.8 Å². The second-order valence-electron chi connectivity index (χ2n) is 7.02. The van der Waals surface area contributed by atoms with Crippen molar-refractivity contribution in [2.75, 3.05) is 6.56 Å². The van der Waals surface area contributed by atoms with Gasteiger partial charge >= 0.3 is 7.82 Å². The molecule has 0 radical (unpaired) electrons. The predicted molar refractivity (Wildman–Crippen MR) is 104 cm³/mol. The summed E-state index contributed by atoms with van der Waals surface area (Å²) in [6.45, 7) is 0.869. The van der Waals surface area contributed by atoms with Crippen molar-refractivity contribution in [2.45, 2.75) is 37.8 Å². The van der Waals surface area contributed by atoms with E-state index in [0.717, 1.165) is 0 Å². The molecular formula is C19H20FN2O9P. The van der Waals surface area contributed by atoms with E-state index in [4.69, 9.17) is 22.4 Å². The maximum Gasteiger partial charge on any atom is 0.530 e. The minimum Gasteiger partial charge on any atom is -0.403 e. The molecule has 3 heterocycles. The topological polar surface area (TPSA) is 144 Å². The number of carbonyl (C=O) groups excluding carboxylic acids is 2. The van der Waals surface area contributed by atoms with Gasteiger partial charge < -0.3 is 29.7 Å². The van der Waals surface area contributed by atoms with Crippen LogP contribution in [0.25, 0.3) is 0 Å². The fourth-order valence-electron chi connectivity index (χ4n) is 3.11. The Morgan fingerprint density at radius 3 is 3.03 bits per heavy atom. The number of phosphoric acid groups is 1. The molecule has 4 rings (SSSR count). The Hall–Kier alpha value is -2.60. The standard InChI is InChI=1S/C19H20FN2O9P/c1-10-4-3-5-12-8-28-32(27,31-15(10)12)29-9-19(20)16(25)14(24)18(30-19)22-6-13(7-23)17(26)21-11(22)2/h3-7,14,16,18,24-25H,2,8-9H2,1H3,(H,21,26)/t14-,16+,18-,19-,32?/m1/s1/i9D2,18D. The molecule has 172 valence electrons. The molecule has 1 aromatic rings. The van der Waals surface area contributed by atoms with E-state index >= 15 is 4.39 Å². The second kappa shape index (κ2) is 8.07. The molecule has 1 amide bonds. The number of phosphoric ester groups is 1. The Morgan fingerprint density at radius 1 is 1.56 bits per heavy atom. The SMILES string of the molecule is [2H]C([2H])(OP1(=O)OCc2cccc(C)c2O1)[C@@]1(F)O[C@@]([2H])(N2C=C(C=O)C(=O)NC2=C)[C@H](O)[C@@H]1O. The number of benzene rings is 1. The number of fused-ring (bicyclic) bond motifs is 1. The van der Waals surface area contributed by atoms with E-state index in [1.54, 1.807) is 25.1 Å². The molecule has 0 bridgehead atoms. The lowest BCUT2D eigenvalue weighted by atomic mass is 10.1. The van der Waals surface area contributed by atoms with Gasteiger partial charge in [-0.2, -0.15) is 0 Å². The summed E-state index contributed by atoms with van der Waals surface area (Å²) >= 11 is 0. The van der Waals surface area contributed by atoms with Crippen LogP contribution in [-0.2, 0) is 34.5 Å². The summed E-state index contributed by atoms with van der Waals surface area (Å²) in [5.74, 6) is -5.32. The fraction of sp³-hybridized carbons (Fsp3) is 0.368. The summed E-state index contributed by atoms with van der Waals surface area (Å²) in [7, 11) is -4.84. The normalized spacial score (nSPS) is 38.6. The van der Waals surface area contributed by atoms with Crippen LogP contribution in [0.15, 0.2) is 42.4 Å². The van der Waals surface area contributed by atoms with Crippen molar-refractivity contribution in [1.29, 1.82) is 0 Å². The molecule has 1 aromatic carbocycles. The molecule has 0 aromatic heterocycles. The van der Waals surface area contributed by atoms with Gasteiger partial charge in [-0.05, 0) is 12.5 Å². The highest BCUT2D eigenvalue weighted by atomic mass is 31.2. The van der Waals surface area contributed by atoms with Gasteiger partial charge in [0, 0.05) is 11.8 Å². The monoisotopic (exact) mass is 473 g/mol. The third kappa shape index (κ3) is 3.85. The zero-order chi connectivity index (χ0) is 26.0. The summed E-state index contributed by atoms with van der Waals surface area (Å²) in [6.07, 6.45) is -7.56. The van der Waals surface area contributed by atoms with Crippen LogP contribution in [0.4, 0.5) is 4.39 Å². The van der Waals surface area contributed by atoms with E-state index < -0.39 is 55.9 Å². The predicted octanol–water partition coefficient (Wildman–Crippen LogP) is 0.758. The summed E-state index contributed by atoms with van der Waals surface area (Å²) in [6, 6.07) is 4.88. The van der Waals surface area contributed by atoms with Gasteiger partial charge in [0.2, 0.25) is 0 Å². The number of carbonyl (C=O) groups is 2. The van der Waals surface area contributed by atoms with Crippen molar-refractivity contribution < 1.29 is 51.2 Å². The zero-order valence-corrected chi connectivity index (χ0v) is 17.4. The molecule has 13 heteroatoms. The van der Waals surface area contributed by atoms with Crippen molar-refractivity contribution in [2.24, 2.45) is 0 Å². The fourth-order valence-corrected chi connectivity index (χ4v) is 4.27. The Balaban J connectivity index is 1.65. The van der Waals surface area contributed by atoms with Crippen molar-refractivity contribution in [1.82, 2.24) is 10.2 Å². The zero-order valence-electron chi connectivity index (χ0n) is 19.5. The number of aliphatic hydroxyl groups excluding tert-OH is 2. The number of alkyl halides is 1. The second-order valence-corrected chi connectivity index (χ2v) is 8.53. The summed E-state index contributed by atoms with van der Waals surface area (Å²) in [4.78, 5) is 23.4. The maximum absolute atomic E-state index is 15.9. The van der Waals surface area contributed by atoms with Crippen LogP contribution in [0, 0.1) is 6.92 Å². The van der Waals surface area contributed by atoms with Gasteiger partial charge in [0.25, 0.3) is 11.8 Å². The number of nitrogens with zero attached hydrogens (tertiary/aromatic N) is 1. The molecule has 3 aliphatic heterocycles. The summed E-state index contributed by atoms with van der Waals surface area (Å²) in [5.41, 5.74) is 0.413. The largest absolute Gasteiger partial charge is 0.530 e. The Kier molecular flexibility index (Phi) is 4.77. The Morgan fingerprint density at radius 2 is 2.31 bits per heavy atom. The number of hydrogen-bond acceptors (Lipinski definition) is 10. The van der Waals surface area contributed by atoms with E-state index in [1.165, 1.54) is 0 Å². The van der Waals surface area contributed by atoms with Gasteiger partial charge in [-0.3, -0.25) is 18.6 Å². The highest BCUT2D eigenvalue weighted by Crippen LogP contribution is 2.56. The molecule has 1 saturated heterocycles. The average molecular weight is 473 g/mol. The Bertz CT molecular complexity index is 1200. The average Bonchev–Trinajstić information content (AvgIpc) is 2.95. The van der Waals surface area contributed by atoms with E-state index in [-0.39, 0.29) is 18.6 Å². The number of hydrogen-bond donors (Lipinski definition) is 3. The number of aliphatic hydroxyl groups is 2. The van der Waals surface area contributed by atoms with Crippen LogP contribution < -0.4 is 9.84 Å². The number of aldehydes is 1. The molecule has 0 aliphatic carbocycles. The van der Waals surface area contributed by atoms with E-state index in [2.05, 4.69) is 11.9 Å². The first-order chi connectivity index (χ1) is 16.2. The van der Waals surface area contributed by atoms with Gasteiger partial charge in [-0.25, -0.2) is 8.96 Å². The van der Waals surface area contributed by atoms with Gasteiger partial charge in [0.05, 0.1) is 16.3 Å². The highest BCUT2D eigenvalue weighted by Gasteiger charge is 2.58. The molecule has 3 aliphatic rings. The molecule has 0 spiro atoms. The lowest BCUT2D eigenvalue weighted by Crippen LogP contribution is -2.48. The lowest BCUT2D eigenvalue weighted by molar-refractivity contribution is -0.208. The molecule has 5 atom stereocenters. The first kappa shape index (κ1) is 18.9. The van der Waals surface area contributed by atoms with Crippen molar-refractivity contribution >= 4 is 20.0 Å². The molecule has 0 saturated carbocycles. The lowest BCUT2D eigenvalue weighted by Gasteiger charge is -2.33. The van der Waals surface area contributed by atoms with E-state index in [9.17, 15) is 24.4 Å².